The SMILES string of the molecule is CC(=O)N1CC2=C(C1=O)C(c1cccc3cccnc13)c1cn(C)c3cccc(c13)N2. The van der Waals surface area contributed by atoms with E-state index in [4.69, 9.17) is 0 Å². The Hall–Kier alpha value is -3.93. The van der Waals surface area contributed by atoms with Crippen LogP contribution in [0, 0.1) is 0 Å². The molecule has 0 saturated carbocycles. The molecule has 0 bridgehead atoms. The fraction of sp³-hybridized carbons (Fsp3) is 0.160. The smallest absolute Gasteiger partial charge is 0.259 e. The van der Waals surface area contributed by atoms with Gasteiger partial charge in [0.25, 0.3) is 5.91 Å². The van der Waals surface area contributed by atoms with Gasteiger partial charge in [0, 0.05) is 54.4 Å². The minimum Gasteiger partial charge on any atom is -0.356 e. The number of benzene rings is 2. The minimum atomic E-state index is -0.328. The van der Waals surface area contributed by atoms with Crippen LogP contribution in [-0.2, 0) is 16.6 Å². The number of fused-ring (bicyclic) bond motifs is 1. The molecule has 1 unspecified atom stereocenters. The fourth-order valence-electron chi connectivity index (χ4n) is 5.05. The monoisotopic (exact) mass is 408 g/mol. The van der Waals surface area contributed by atoms with Gasteiger partial charge in [-0.15, -0.1) is 0 Å². The summed E-state index contributed by atoms with van der Waals surface area (Å²) in [6.45, 7) is 1.69. The van der Waals surface area contributed by atoms with Gasteiger partial charge in [-0.25, -0.2) is 0 Å². The van der Waals surface area contributed by atoms with E-state index in [0.29, 0.717) is 5.57 Å². The third-order valence-electron chi connectivity index (χ3n) is 6.40. The summed E-state index contributed by atoms with van der Waals surface area (Å²) in [6.07, 6.45) is 3.88. The second-order valence-electron chi connectivity index (χ2n) is 8.18. The molecule has 4 heterocycles. The Bertz CT molecular complexity index is 1460. The van der Waals surface area contributed by atoms with Gasteiger partial charge in [-0.05, 0) is 29.3 Å². The highest BCUT2D eigenvalue weighted by molar-refractivity contribution is 6.11. The summed E-state index contributed by atoms with van der Waals surface area (Å²) in [5, 5.41) is 5.61. The third kappa shape index (κ3) is 2.42. The predicted molar refractivity (Wildman–Crippen MR) is 120 cm³/mol. The second kappa shape index (κ2) is 6.28. The number of hydrogen-bond acceptors (Lipinski definition) is 4. The van der Waals surface area contributed by atoms with Crippen molar-refractivity contribution in [3.8, 4) is 0 Å². The molecule has 4 aromatic rings. The van der Waals surface area contributed by atoms with Crippen molar-refractivity contribution in [3.05, 3.63) is 83.3 Å². The Labute approximate surface area is 178 Å². The van der Waals surface area contributed by atoms with Crippen LogP contribution in [0.25, 0.3) is 21.8 Å². The van der Waals surface area contributed by atoms with E-state index in [0.717, 1.165) is 44.3 Å². The summed E-state index contributed by atoms with van der Waals surface area (Å²) >= 11 is 0. The summed E-state index contributed by atoms with van der Waals surface area (Å²) in [7, 11) is 2.02. The van der Waals surface area contributed by atoms with Crippen LogP contribution in [-0.4, -0.2) is 32.8 Å². The Morgan fingerprint density at radius 2 is 1.90 bits per heavy atom. The number of carbonyl (C=O) groups excluding carboxylic acids is 2. The van der Waals surface area contributed by atoms with E-state index in [1.54, 1.807) is 6.20 Å². The molecule has 152 valence electrons. The fourth-order valence-corrected chi connectivity index (χ4v) is 5.05. The van der Waals surface area contributed by atoms with Crippen LogP contribution in [0.1, 0.15) is 24.0 Å². The molecule has 0 fully saturated rings. The first-order valence-corrected chi connectivity index (χ1v) is 10.3. The average Bonchev–Trinajstić information content (AvgIpc) is 3.22. The number of anilines is 1. The zero-order valence-corrected chi connectivity index (χ0v) is 17.2. The zero-order valence-electron chi connectivity index (χ0n) is 17.2. The lowest BCUT2D eigenvalue weighted by molar-refractivity contribution is -0.139. The number of aromatic nitrogens is 2. The van der Waals surface area contributed by atoms with Gasteiger partial charge >= 0.3 is 0 Å². The summed E-state index contributed by atoms with van der Waals surface area (Å²) in [4.78, 5) is 31.7. The molecular formula is C25H20N4O2. The van der Waals surface area contributed by atoms with Gasteiger partial charge in [0.05, 0.1) is 23.2 Å². The van der Waals surface area contributed by atoms with E-state index in [2.05, 4.69) is 27.1 Å². The van der Waals surface area contributed by atoms with Gasteiger partial charge in [0.2, 0.25) is 5.91 Å². The highest BCUT2D eigenvalue weighted by atomic mass is 16.2. The Kier molecular flexibility index (Phi) is 3.63. The Morgan fingerprint density at radius 3 is 2.74 bits per heavy atom. The quantitative estimate of drug-likeness (QED) is 0.518. The molecule has 6 nitrogen and oxygen atoms in total. The number of carbonyl (C=O) groups is 2. The van der Waals surface area contributed by atoms with Crippen LogP contribution in [0.2, 0.25) is 0 Å². The van der Waals surface area contributed by atoms with Crippen LogP contribution in [0.15, 0.2) is 72.2 Å². The largest absolute Gasteiger partial charge is 0.356 e. The normalized spacial score (nSPS) is 17.8. The van der Waals surface area contributed by atoms with E-state index in [-0.39, 0.29) is 24.3 Å². The van der Waals surface area contributed by atoms with Crippen molar-refractivity contribution >= 4 is 39.3 Å². The summed E-state index contributed by atoms with van der Waals surface area (Å²) in [6, 6.07) is 16.1. The number of nitrogens with zero attached hydrogens (tertiary/aromatic N) is 3. The number of pyridine rings is 1. The highest BCUT2D eigenvalue weighted by Crippen LogP contribution is 2.47. The van der Waals surface area contributed by atoms with Crippen LogP contribution in [0.5, 0.6) is 0 Å². The molecule has 2 aromatic carbocycles. The molecule has 6 heteroatoms. The van der Waals surface area contributed by atoms with Gasteiger partial charge in [0.1, 0.15) is 0 Å². The second-order valence-corrected chi connectivity index (χ2v) is 8.18. The number of para-hydroxylation sites is 1. The Morgan fingerprint density at radius 1 is 1.10 bits per heavy atom. The van der Waals surface area contributed by atoms with Gasteiger partial charge in [0.15, 0.2) is 0 Å². The number of nitrogens with one attached hydrogen (secondary N) is 1. The van der Waals surface area contributed by atoms with E-state index in [1.165, 1.54) is 11.8 Å². The minimum absolute atomic E-state index is 0.238. The lowest BCUT2D eigenvalue weighted by Crippen LogP contribution is -2.33. The molecular weight excluding hydrogens is 388 g/mol. The van der Waals surface area contributed by atoms with E-state index in [9.17, 15) is 9.59 Å². The van der Waals surface area contributed by atoms with Gasteiger partial charge in [-0.3, -0.25) is 19.5 Å². The average molecular weight is 408 g/mol. The topological polar surface area (TPSA) is 67.2 Å². The lowest BCUT2D eigenvalue weighted by atomic mass is 9.83. The number of imide groups is 1. The van der Waals surface area contributed by atoms with Crippen molar-refractivity contribution < 1.29 is 9.59 Å². The first kappa shape index (κ1) is 17.9. The van der Waals surface area contributed by atoms with Gasteiger partial charge < -0.3 is 9.88 Å². The molecule has 0 saturated heterocycles. The van der Waals surface area contributed by atoms with Crippen molar-refractivity contribution in [1.82, 2.24) is 14.5 Å². The zero-order chi connectivity index (χ0) is 21.3. The molecule has 31 heavy (non-hydrogen) atoms. The molecule has 0 aliphatic carbocycles. The van der Waals surface area contributed by atoms with E-state index >= 15 is 0 Å². The standard InChI is InChI=1S/C25H20N4O2/c1-14(30)29-13-19-23(25(29)31)21(16-8-3-6-15-7-5-11-26-24(15)16)17-12-28(2)20-10-4-9-18(27-19)22(17)20/h3-12,21,27H,13H2,1-2H3. The lowest BCUT2D eigenvalue weighted by Gasteiger charge is -2.20. The van der Waals surface area contributed by atoms with Crippen LogP contribution >= 0.6 is 0 Å². The summed E-state index contributed by atoms with van der Waals surface area (Å²) in [5.41, 5.74) is 6.33. The number of rotatable bonds is 1. The molecule has 1 atom stereocenters. The van der Waals surface area contributed by atoms with E-state index in [1.807, 2.05) is 49.5 Å². The van der Waals surface area contributed by atoms with Crippen LogP contribution in [0.3, 0.4) is 0 Å². The maximum Gasteiger partial charge on any atom is 0.259 e. The number of aryl methyl sites for hydroxylation is 1. The maximum absolute atomic E-state index is 13.5. The molecule has 0 spiro atoms. The molecule has 2 amide bonds. The van der Waals surface area contributed by atoms with Gasteiger partial charge in [-0.1, -0.05) is 30.3 Å². The van der Waals surface area contributed by atoms with Crippen molar-refractivity contribution in [2.75, 3.05) is 11.9 Å². The molecule has 2 aliphatic heterocycles. The first-order valence-electron chi connectivity index (χ1n) is 10.3. The van der Waals surface area contributed by atoms with Crippen molar-refractivity contribution in [2.45, 2.75) is 12.8 Å². The number of hydrogen-bond donors (Lipinski definition) is 1. The van der Waals surface area contributed by atoms with Crippen molar-refractivity contribution in [3.63, 3.8) is 0 Å². The number of amides is 2. The maximum atomic E-state index is 13.5. The van der Waals surface area contributed by atoms with Crippen molar-refractivity contribution in [1.29, 1.82) is 0 Å². The third-order valence-corrected chi connectivity index (χ3v) is 6.40. The summed E-state index contributed by atoms with van der Waals surface area (Å²) < 4.78 is 2.09. The van der Waals surface area contributed by atoms with Gasteiger partial charge in [-0.2, -0.15) is 0 Å². The molecule has 2 aliphatic rings. The Balaban J connectivity index is 1.71. The first-order chi connectivity index (χ1) is 15.0. The van der Waals surface area contributed by atoms with E-state index < -0.39 is 0 Å². The summed E-state index contributed by atoms with van der Waals surface area (Å²) in [5.74, 6) is -0.816. The van der Waals surface area contributed by atoms with Crippen LogP contribution < -0.4 is 5.32 Å². The highest BCUT2D eigenvalue weighted by Gasteiger charge is 2.42. The molecule has 6 rings (SSSR count). The predicted octanol–water partition coefficient (Wildman–Crippen LogP) is 3.93. The van der Waals surface area contributed by atoms with Crippen molar-refractivity contribution in [2.24, 2.45) is 7.05 Å². The molecule has 1 N–H and O–H groups in total. The molecule has 2 aromatic heterocycles. The van der Waals surface area contributed by atoms with Crippen LogP contribution in [0.4, 0.5) is 5.69 Å². The molecule has 0 radical (unpaired) electrons.